The summed E-state index contributed by atoms with van der Waals surface area (Å²) in [4.78, 5) is 11.9. The number of carbonyl (C=O) groups is 1. The third-order valence-electron chi connectivity index (χ3n) is 3.08. The molecule has 0 saturated carbocycles. The van der Waals surface area contributed by atoms with Gasteiger partial charge in [-0.3, -0.25) is 4.79 Å². The van der Waals surface area contributed by atoms with Crippen LogP contribution in [0.1, 0.15) is 22.3 Å². The van der Waals surface area contributed by atoms with Crippen molar-refractivity contribution in [2.75, 3.05) is 6.54 Å². The van der Waals surface area contributed by atoms with E-state index >= 15 is 0 Å². The Morgan fingerprint density at radius 1 is 1.00 bits per heavy atom. The zero-order chi connectivity index (χ0) is 14.2. The van der Waals surface area contributed by atoms with Gasteiger partial charge in [0.05, 0.1) is 0 Å². The van der Waals surface area contributed by atoms with Gasteiger partial charge < -0.3 is 5.32 Å². The van der Waals surface area contributed by atoms with Crippen molar-refractivity contribution in [1.29, 1.82) is 0 Å². The van der Waals surface area contributed by atoms with Crippen LogP contribution in [-0.4, -0.2) is 12.5 Å². The van der Waals surface area contributed by atoms with Gasteiger partial charge in [0.25, 0.3) is 5.91 Å². The molecule has 2 heteroatoms. The molecule has 1 N–H and O–H groups in total. The highest BCUT2D eigenvalue weighted by molar-refractivity contribution is 5.94. The third-order valence-corrected chi connectivity index (χ3v) is 3.08. The summed E-state index contributed by atoms with van der Waals surface area (Å²) in [6.07, 6.45) is 15.0. The van der Waals surface area contributed by atoms with Crippen LogP contribution in [-0.2, 0) is 0 Å². The van der Waals surface area contributed by atoms with E-state index in [1.54, 1.807) is 0 Å². The molecule has 0 saturated heterocycles. The van der Waals surface area contributed by atoms with Gasteiger partial charge in [0.1, 0.15) is 0 Å². The van der Waals surface area contributed by atoms with Crippen LogP contribution in [0.5, 0.6) is 0 Å². The van der Waals surface area contributed by atoms with Crippen molar-refractivity contribution in [3.8, 4) is 0 Å². The molecular weight excluding hydrogens is 246 g/mol. The molecule has 0 aromatic heterocycles. The Hall–Kier alpha value is -2.35. The maximum Gasteiger partial charge on any atom is 0.251 e. The smallest absolute Gasteiger partial charge is 0.251 e. The zero-order valence-corrected chi connectivity index (χ0v) is 11.7. The van der Waals surface area contributed by atoms with E-state index in [1.165, 1.54) is 5.57 Å². The number of carbonyl (C=O) groups excluding carboxylic acids is 1. The Bertz CT molecular complexity index is 574. The van der Waals surface area contributed by atoms with Crippen LogP contribution in [0.15, 0.2) is 72.4 Å². The minimum atomic E-state index is -0.0177. The highest BCUT2D eigenvalue weighted by atomic mass is 16.1. The predicted molar refractivity (Wildman–Crippen MR) is 83.6 cm³/mol. The first-order chi connectivity index (χ1) is 9.75. The largest absolute Gasteiger partial charge is 0.352 e. The van der Waals surface area contributed by atoms with Gasteiger partial charge in [0, 0.05) is 12.1 Å². The van der Waals surface area contributed by atoms with Crippen LogP contribution in [0.4, 0.5) is 0 Å². The summed E-state index contributed by atoms with van der Waals surface area (Å²) in [6.45, 7) is 2.65. The minimum Gasteiger partial charge on any atom is -0.352 e. The van der Waals surface area contributed by atoms with Gasteiger partial charge in [0.15, 0.2) is 0 Å². The summed E-state index contributed by atoms with van der Waals surface area (Å²) in [5.41, 5.74) is 3.07. The summed E-state index contributed by atoms with van der Waals surface area (Å²) < 4.78 is 0. The second-order valence-corrected chi connectivity index (χ2v) is 4.74. The average molecular weight is 265 g/mol. The SMILES string of the molecule is Cc1ccc(C(=O)NCCC2=CC=CC=CC=C2)cc1. The van der Waals surface area contributed by atoms with E-state index in [2.05, 4.69) is 17.5 Å². The molecule has 0 bridgehead atoms. The number of allylic oxidation sites excluding steroid dienone is 7. The maximum atomic E-state index is 11.9. The van der Waals surface area contributed by atoms with Gasteiger partial charge in [-0.25, -0.2) is 0 Å². The molecule has 1 aliphatic carbocycles. The van der Waals surface area contributed by atoms with Crippen LogP contribution >= 0.6 is 0 Å². The number of nitrogens with one attached hydrogen (secondary N) is 1. The second-order valence-electron chi connectivity index (χ2n) is 4.74. The lowest BCUT2D eigenvalue weighted by Gasteiger charge is -2.06. The Balaban J connectivity index is 1.83. The summed E-state index contributed by atoms with van der Waals surface area (Å²) in [5.74, 6) is -0.0177. The van der Waals surface area contributed by atoms with E-state index in [0.29, 0.717) is 12.1 Å². The summed E-state index contributed by atoms with van der Waals surface area (Å²) >= 11 is 0. The molecule has 102 valence electrons. The van der Waals surface area contributed by atoms with Crippen LogP contribution in [0, 0.1) is 6.92 Å². The van der Waals surface area contributed by atoms with Crippen molar-refractivity contribution in [1.82, 2.24) is 5.32 Å². The van der Waals surface area contributed by atoms with E-state index in [-0.39, 0.29) is 5.91 Å². The molecule has 0 spiro atoms. The zero-order valence-electron chi connectivity index (χ0n) is 11.7. The van der Waals surface area contributed by atoms with Crippen LogP contribution in [0.3, 0.4) is 0 Å². The molecule has 0 fully saturated rings. The first-order valence-corrected chi connectivity index (χ1v) is 6.81. The summed E-state index contributed by atoms with van der Waals surface area (Å²) in [5, 5.41) is 2.95. The van der Waals surface area contributed by atoms with Gasteiger partial charge in [-0.15, -0.1) is 0 Å². The lowest BCUT2D eigenvalue weighted by Crippen LogP contribution is -2.24. The normalized spacial score (nSPS) is 13.6. The standard InChI is InChI=1S/C18H19NO/c1-15-9-11-17(12-10-15)18(20)19-14-13-16-7-5-3-2-4-6-8-16/h2-12H,13-14H2,1H3,(H,19,20). The van der Waals surface area contributed by atoms with Gasteiger partial charge >= 0.3 is 0 Å². The maximum absolute atomic E-state index is 11.9. The number of amides is 1. The van der Waals surface area contributed by atoms with Crippen LogP contribution in [0.2, 0.25) is 0 Å². The Labute approximate surface area is 120 Å². The fourth-order valence-corrected chi connectivity index (χ4v) is 1.90. The molecule has 1 amide bonds. The molecule has 2 rings (SSSR count). The molecule has 0 aliphatic heterocycles. The molecule has 1 aromatic carbocycles. The van der Waals surface area contributed by atoms with Crippen LogP contribution < -0.4 is 5.32 Å². The van der Waals surface area contributed by atoms with Crippen molar-refractivity contribution < 1.29 is 4.79 Å². The molecule has 20 heavy (non-hydrogen) atoms. The van der Waals surface area contributed by atoms with Crippen molar-refractivity contribution >= 4 is 5.91 Å². The number of benzene rings is 1. The minimum absolute atomic E-state index is 0.0177. The van der Waals surface area contributed by atoms with Crippen molar-refractivity contribution in [3.05, 3.63) is 83.5 Å². The van der Waals surface area contributed by atoms with Crippen molar-refractivity contribution in [3.63, 3.8) is 0 Å². The van der Waals surface area contributed by atoms with E-state index in [0.717, 1.165) is 12.0 Å². The Kier molecular flexibility index (Phi) is 5.13. The second kappa shape index (κ2) is 7.29. The average Bonchev–Trinajstić information content (AvgIpc) is 2.41. The van der Waals surface area contributed by atoms with Crippen molar-refractivity contribution in [2.45, 2.75) is 13.3 Å². The molecule has 1 aromatic rings. The molecule has 0 heterocycles. The molecule has 0 unspecified atom stereocenters. The highest BCUT2D eigenvalue weighted by Crippen LogP contribution is 2.06. The lowest BCUT2D eigenvalue weighted by molar-refractivity contribution is 0.0954. The van der Waals surface area contributed by atoms with Gasteiger partial charge in [-0.1, -0.05) is 60.2 Å². The van der Waals surface area contributed by atoms with Crippen LogP contribution in [0.25, 0.3) is 0 Å². The summed E-state index contributed by atoms with van der Waals surface area (Å²) in [7, 11) is 0. The number of aryl methyl sites for hydroxylation is 1. The number of hydrogen-bond acceptors (Lipinski definition) is 1. The fraction of sp³-hybridized carbons (Fsp3) is 0.167. The van der Waals surface area contributed by atoms with E-state index in [1.807, 2.05) is 61.6 Å². The monoisotopic (exact) mass is 265 g/mol. The predicted octanol–water partition coefficient (Wildman–Crippen LogP) is 3.72. The molecule has 0 radical (unpaired) electrons. The Morgan fingerprint density at radius 2 is 1.70 bits per heavy atom. The quantitative estimate of drug-likeness (QED) is 0.883. The lowest BCUT2D eigenvalue weighted by atomic mass is 10.1. The molecule has 2 nitrogen and oxygen atoms in total. The number of rotatable bonds is 4. The highest BCUT2D eigenvalue weighted by Gasteiger charge is 2.04. The summed E-state index contributed by atoms with van der Waals surface area (Å²) in [6, 6.07) is 7.61. The molecule has 1 aliphatic rings. The molecular formula is C18H19NO. The number of hydrogen-bond donors (Lipinski definition) is 1. The van der Waals surface area contributed by atoms with E-state index in [4.69, 9.17) is 0 Å². The first-order valence-electron chi connectivity index (χ1n) is 6.81. The first kappa shape index (κ1) is 14.1. The van der Waals surface area contributed by atoms with E-state index < -0.39 is 0 Å². The Morgan fingerprint density at radius 3 is 2.50 bits per heavy atom. The van der Waals surface area contributed by atoms with Gasteiger partial charge in [0.2, 0.25) is 0 Å². The van der Waals surface area contributed by atoms with E-state index in [9.17, 15) is 4.79 Å². The third kappa shape index (κ3) is 4.39. The van der Waals surface area contributed by atoms with Gasteiger partial charge in [-0.2, -0.15) is 0 Å². The fourth-order valence-electron chi connectivity index (χ4n) is 1.90. The van der Waals surface area contributed by atoms with Crippen molar-refractivity contribution in [2.24, 2.45) is 0 Å². The van der Waals surface area contributed by atoms with Gasteiger partial charge in [-0.05, 0) is 31.1 Å². The molecule has 0 atom stereocenters. The topological polar surface area (TPSA) is 29.1 Å².